The summed E-state index contributed by atoms with van der Waals surface area (Å²) >= 11 is 0. The second kappa shape index (κ2) is 7.26. The summed E-state index contributed by atoms with van der Waals surface area (Å²) < 4.78 is 2.11. The zero-order chi connectivity index (χ0) is 15.5. The molecule has 0 amide bonds. The first-order valence-electron chi connectivity index (χ1n) is 9.63. The van der Waals surface area contributed by atoms with Crippen molar-refractivity contribution in [2.24, 2.45) is 0 Å². The minimum Gasteiger partial charge on any atom is -0.298 e. The van der Waals surface area contributed by atoms with Crippen LogP contribution in [-0.2, 0) is 6.54 Å². The van der Waals surface area contributed by atoms with Gasteiger partial charge in [-0.2, -0.15) is 0 Å². The molecule has 128 valence electrons. The van der Waals surface area contributed by atoms with E-state index in [2.05, 4.69) is 30.0 Å². The molecule has 23 heavy (non-hydrogen) atoms. The van der Waals surface area contributed by atoms with E-state index in [0.29, 0.717) is 6.04 Å². The smallest absolute Gasteiger partial charge is 0.165 e. The van der Waals surface area contributed by atoms with Gasteiger partial charge in [-0.3, -0.25) is 9.80 Å². The van der Waals surface area contributed by atoms with Gasteiger partial charge >= 0.3 is 0 Å². The lowest BCUT2D eigenvalue weighted by Crippen LogP contribution is -2.50. The van der Waals surface area contributed by atoms with Crippen molar-refractivity contribution in [3.05, 3.63) is 5.82 Å². The van der Waals surface area contributed by atoms with Crippen LogP contribution in [-0.4, -0.2) is 62.2 Å². The Balaban J connectivity index is 1.30. The average molecular weight is 318 g/mol. The fourth-order valence-electron chi connectivity index (χ4n) is 4.68. The van der Waals surface area contributed by atoms with Gasteiger partial charge in [-0.05, 0) is 36.1 Å². The summed E-state index contributed by atoms with van der Waals surface area (Å²) in [6.45, 7) is 5.68. The highest BCUT2D eigenvalue weighted by Gasteiger charge is 2.27. The molecule has 0 spiro atoms. The molecule has 1 aromatic heterocycles. The third-order valence-electron chi connectivity index (χ3n) is 6.09. The summed E-state index contributed by atoms with van der Waals surface area (Å²) in [5.41, 5.74) is 0. The van der Waals surface area contributed by atoms with Crippen molar-refractivity contribution in [2.75, 3.05) is 26.2 Å². The summed E-state index contributed by atoms with van der Waals surface area (Å²) in [6, 6.07) is 1.40. The lowest BCUT2D eigenvalue weighted by atomic mass is 9.94. The van der Waals surface area contributed by atoms with Gasteiger partial charge in [0.05, 0.1) is 12.6 Å². The first-order valence-corrected chi connectivity index (χ1v) is 9.63. The van der Waals surface area contributed by atoms with Crippen LogP contribution in [0.25, 0.3) is 0 Å². The van der Waals surface area contributed by atoms with Crippen molar-refractivity contribution in [3.8, 4) is 0 Å². The van der Waals surface area contributed by atoms with E-state index in [0.717, 1.165) is 31.5 Å². The van der Waals surface area contributed by atoms with Gasteiger partial charge in [0, 0.05) is 32.2 Å². The van der Waals surface area contributed by atoms with E-state index in [4.69, 9.17) is 0 Å². The second-order valence-electron chi connectivity index (χ2n) is 7.58. The molecule has 4 rings (SSSR count). The lowest BCUT2D eigenvalue weighted by molar-refractivity contribution is 0.0732. The molecular weight excluding hydrogens is 288 g/mol. The predicted octanol–water partition coefficient (Wildman–Crippen LogP) is 2.24. The molecule has 6 nitrogen and oxygen atoms in total. The van der Waals surface area contributed by atoms with Crippen LogP contribution in [0.15, 0.2) is 0 Å². The van der Waals surface area contributed by atoms with Gasteiger partial charge < -0.3 is 0 Å². The zero-order valence-corrected chi connectivity index (χ0v) is 14.2. The molecule has 0 atom stereocenters. The third kappa shape index (κ3) is 3.58. The Bertz CT molecular complexity index is 481. The van der Waals surface area contributed by atoms with Crippen LogP contribution in [0, 0.1) is 0 Å². The topological polar surface area (TPSA) is 50.1 Å². The zero-order valence-electron chi connectivity index (χ0n) is 14.2. The maximum absolute atomic E-state index is 4.31. The molecule has 0 N–H and O–H groups in total. The first-order chi connectivity index (χ1) is 11.4. The Morgan fingerprint density at radius 1 is 0.783 bits per heavy atom. The van der Waals surface area contributed by atoms with Crippen LogP contribution in [0.3, 0.4) is 0 Å². The molecule has 3 fully saturated rings. The van der Waals surface area contributed by atoms with E-state index >= 15 is 0 Å². The number of rotatable bonds is 4. The van der Waals surface area contributed by atoms with Crippen molar-refractivity contribution in [2.45, 2.75) is 76.4 Å². The fourth-order valence-corrected chi connectivity index (χ4v) is 4.68. The molecule has 6 heteroatoms. The van der Waals surface area contributed by atoms with Crippen molar-refractivity contribution < 1.29 is 0 Å². The number of hydrogen-bond donors (Lipinski definition) is 0. The second-order valence-corrected chi connectivity index (χ2v) is 7.58. The Hall–Kier alpha value is -1.01. The monoisotopic (exact) mass is 318 g/mol. The summed E-state index contributed by atoms with van der Waals surface area (Å²) in [7, 11) is 0. The van der Waals surface area contributed by atoms with E-state index < -0.39 is 0 Å². The van der Waals surface area contributed by atoms with E-state index in [-0.39, 0.29) is 0 Å². The van der Waals surface area contributed by atoms with Crippen molar-refractivity contribution in [1.82, 2.24) is 30.0 Å². The predicted molar refractivity (Wildman–Crippen MR) is 89.0 cm³/mol. The van der Waals surface area contributed by atoms with Crippen LogP contribution in [0.1, 0.15) is 69.7 Å². The van der Waals surface area contributed by atoms with Crippen molar-refractivity contribution in [3.63, 3.8) is 0 Å². The van der Waals surface area contributed by atoms with Crippen LogP contribution in [0.5, 0.6) is 0 Å². The van der Waals surface area contributed by atoms with Crippen LogP contribution < -0.4 is 0 Å². The van der Waals surface area contributed by atoms with E-state index in [1.807, 2.05) is 0 Å². The third-order valence-corrected chi connectivity index (χ3v) is 6.09. The Labute approximate surface area is 139 Å². The SMILES string of the molecule is C1CCC(N2CCN(Cc3nnnn3C3CCCC3)CC2)CC1. The van der Waals surface area contributed by atoms with Crippen molar-refractivity contribution in [1.29, 1.82) is 0 Å². The van der Waals surface area contributed by atoms with E-state index in [9.17, 15) is 0 Å². The van der Waals surface area contributed by atoms with Gasteiger partial charge in [0.25, 0.3) is 0 Å². The minimum atomic E-state index is 0.545. The maximum atomic E-state index is 4.31. The van der Waals surface area contributed by atoms with Gasteiger partial charge in [-0.25, -0.2) is 4.68 Å². The number of tetrazole rings is 1. The molecule has 1 aromatic rings. The molecule has 0 bridgehead atoms. The molecular formula is C17H30N6. The maximum Gasteiger partial charge on any atom is 0.165 e. The molecule has 0 aromatic carbocycles. The highest BCUT2D eigenvalue weighted by molar-refractivity contribution is 4.89. The van der Waals surface area contributed by atoms with Gasteiger partial charge in [0.1, 0.15) is 0 Å². The quantitative estimate of drug-likeness (QED) is 0.852. The van der Waals surface area contributed by atoms with Crippen LogP contribution in [0.4, 0.5) is 0 Å². The molecule has 0 unspecified atom stereocenters. The summed E-state index contributed by atoms with van der Waals surface area (Å²) in [4.78, 5) is 5.27. The summed E-state index contributed by atoms with van der Waals surface area (Å²) in [5, 5.41) is 12.5. The molecule has 3 aliphatic rings. The van der Waals surface area contributed by atoms with Gasteiger partial charge in [-0.15, -0.1) is 5.10 Å². The van der Waals surface area contributed by atoms with E-state index in [1.54, 1.807) is 0 Å². The summed E-state index contributed by atoms with van der Waals surface area (Å²) in [6.07, 6.45) is 12.3. The van der Waals surface area contributed by atoms with Crippen LogP contribution in [0.2, 0.25) is 0 Å². The molecule has 1 saturated heterocycles. The van der Waals surface area contributed by atoms with Crippen molar-refractivity contribution >= 4 is 0 Å². The Kier molecular flexibility index (Phi) is 4.90. The largest absolute Gasteiger partial charge is 0.298 e. The highest BCUT2D eigenvalue weighted by atomic mass is 15.6. The standard InChI is InChI=1S/C17H30N6/c1-2-6-15(7-3-1)22-12-10-21(11-13-22)14-17-18-19-20-23(17)16-8-4-5-9-16/h15-16H,1-14H2. The molecule has 2 aliphatic carbocycles. The fraction of sp³-hybridized carbons (Fsp3) is 0.941. The normalized spacial score (nSPS) is 26.1. The minimum absolute atomic E-state index is 0.545. The Morgan fingerprint density at radius 2 is 1.43 bits per heavy atom. The molecule has 0 radical (unpaired) electrons. The number of nitrogens with zero attached hydrogens (tertiary/aromatic N) is 6. The van der Waals surface area contributed by atoms with Gasteiger partial charge in [-0.1, -0.05) is 32.1 Å². The first kappa shape index (κ1) is 15.5. The van der Waals surface area contributed by atoms with Gasteiger partial charge in [0.15, 0.2) is 5.82 Å². The number of hydrogen-bond acceptors (Lipinski definition) is 5. The average Bonchev–Trinajstić information content (AvgIpc) is 3.27. The summed E-state index contributed by atoms with van der Waals surface area (Å²) in [5.74, 6) is 1.07. The Morgan fingerprint density at radius 3 is 2.17 bits per heavy atom. The molecule has 2 heterocycles. The highest BCUT2D eigenvalue weighted by Crippen LogP contribution is 2.29. The number of aromatic nitrogens is 4. The molecule has 2 saturated carbocycles. The van der Waals surface area contributed by atoms with E-state index in [1.165, 1.54) is 70.9 Å². The molecule has 1 aliphatic heterocycles. The number of piperazine rings is 1. The lowest BCUT2D eigenvalue weighted by Gasteiger charge is -2.40. The van der Waals surface area contributed by atoms with Gasteiger partial charge in [0.2, 0.25) is 0 Å². The van der Waals surface area contributed by atoms with Crippen LogP contribution >= 0.6 is 0 Å².